The van der Waals surface area contributed by atoms with Gasteiger partial charge in [0.1, 0.15) is 6.04 Å². The molecular weight excluding hydrogens is 256 g/mol. The molecule has 18 heavy (non-hydrogen) atoms. The van der Waals surface area contributed by atoms with E-state index in [4.69, 9.17) is 11.6 Å². The number of hydrogen-bond acceptors (Lipinski definition) is 3. The minimum Gasteiger partial charge on any atom is -0.340 e. The zero-order chi connectivity index (χ0) is 13.1. The Morgan fingerprint density at radius 2 is 2.17 bits per heavy atom. The summed E-state index contributed by atoms with van der Waals surface area (Å²) in [6.45, 7) is 0. The van der Waals surface area contributed by atoms with Crippen LogP contribution in [0.15, 0.2) is 24.3 Å². The molecule has 1 atom stereocenters. The van der Waals surface area contributed by atoms with E-state index in [0.29, 0.717) is 17.0 Å². The van der Waals surface area contributed by atoms with Gasteiger partial charge in [-0.3, -0.25) is 19.7 Å². The third-order valence-corrected chi connectivity index (χ3v) is 2.87. The lowest BCUT2D eigenvalue weighted by atomic mass is 10.1. The summed E-state index contributed by atoms with van der Waals surface area (Å²) in [5.74, 6) is -1.16. The van der Waals surface area contributed by atoms with Crippen molar-refractivity contribution in [3.05, 3.63) is 34.9 Å². The van der Waals surface area contributed by atoms with Crippen LogP contribution in [0.1, 0.15) is 23.2 Å². The van der Waals surface area contributed by atoms with Gasteiger partial charge in [0.15, 0.2) is 0 Å². The zero-order valence-corrected chi connectivity index (χ0v) is 10.2. The molecule has 1 heterocycles. The molecule has 1 unspecified atom stereocenters. The van der Waals surface area contributed by atoms with Crippen LogP contribution >= 0.6 is 11.6 Å². The second-order valence-electron chi connectivity index (χ2n) is 3.99. The van der Waals surface area contributed by atoms with Crippen LogP contribution in [0.5, 0.6) is 0 Å². The highest BCUT2D eigenvalue weighted by atomic mass is 35.5. The fraction of sp³-hybridized carbons (Fsp3) is 0.250. The van der Waals surface area contributed by atoms with E-state index >= 15 is 0 Å². The Balaban J connectivity index is 2.03. The molecule has 1 aromatic carbocycles. The number of halogens is 1. The average Bonchev–Trinajstić information content (AvgIpc) is 2.32. The molecular formula is C12H11ClN2O3. The fourth-order valence-electron chi connectivity index (χ4n) is 1.70. The molecule has 5 nitrogen and oxygen atoms in total. The minimum absolute atomic E-state index is 0.228. The zero-order valence-electron chi connectivity index (χ0n) is 9.40. The summed E-state index contributed by atoms with van der Waals surface area (Å²) in [6, 6.07) is 5.76. The monoisotopic (exact) mass is 266 g/mol. The number of hydrogen-bond donors (Lipinski definition) is 2. The van der Waals surface area contributed by atoms with Crippen molar-refractivity contribution in [1.82, 2.24) is 10.6 Å². The largest absolute Gasteiger partial charge is 0.340 e. The van der Waals surface area contributed by atoms with E-state index in [9.17, 15) is 14.4 Å². The maximum Gasteiger partial charge on any atom is 0.251 e. The summed E-state index contributed by atoms with van der Waals surface area (Å²) in [4.78, 5) is 34.3. The lowest BCUT2D eigenvalue weighted by Crippen LogP contribution is -2.52. The number of piperidine rings is 1. The molecule has 94 valence electrons. The molecule has 0 spiro atoms. The molecule has 1 fully saturated rings. The van der Waals surface area contributed by atoms with Crippen LogP contribution in [0, 0.1) is 0 Å². The highest BCUT2D eigenvalue weighted by Gasteiger charge is 2.27. The number of amides is 3. The van der Waals surface area contributed by atoms with E-state index < -0.39 is 11.9 Å². The number of nitrogens with one attached hydrogen (secondary N) is 2. The summed E-state index contributed by atoms with van der Waals surface area (Å²) in [5.41, 5.74) is 0.382. The Morgan fingerprint density at radius 1 is 1.39 bits per heavy atom. The number of carbonyl (C=O) groups is 3. The molecule has 1 saturated heterocycles. The van der Waals surface area contributed by atoms with E-state index in [0.717, 1.165) is 0 Å². The van der Waals surface area contributed by atoms with Crippen LogP contribution in [0.2, 0.25) is 5.02 Å². The lowest BCUT2D eigenvalue weighted by molar-refractivity contribution is -0.134. The molecule has 2 rings (SSSR count). The Hall–Kier alpha value is -1.88. The van der Waals surface area contributed by atoms with Crippen molar-refractivity contribution in [3.63, 3.8) is 0 Å². The Labute approximate surface area is 109 Å². The van der Waals surface area contributed by atoms with Crippen LogP contribution in [0.3, 0.4) is 0 Å². The van der Waals surface area contributed by atoms with E-state index in [1.165, 1.54) is 6.07 Å². The van der Waals surface area contributed by atoms with Crippen molar-refractivity contribution >= 4 is 29.3 Å². The maximum absolute atomic E-state index is 11.9. The van der Waals surface area contributed by atoms with Crippen molar-refractivity contribution in [1.29, 1.82) is 0 Å². The molecule has 0 aromatic heterocycles. The van der Waals surface area contributed by atoms with Crippen molar-refractivity contribution in [2.24, 2.45) is 0 Å². The molecule has 3 amide bonds. The van der Waals surface area contributed by atoms with E-state index in [1.807, 2.05) is 0 Å². The molecule has 1 aliphatic heterocycles. The number of carbonyl (C=O) groups excluding carboxylic acids is 3. The molecule has 0 saturated carbocycles. The number of imide groups is 1. The SMILES string of the molecule is O=C1CCC(NC(=O)c2cccc(Cl)c2)C(=O)N1. The van der Waals surface area contributed by atoms with E-state index in [2.05, 4.69) is 10.6 Å². The van der Waals surface area contributed by atoms with Crippen molar-refractivity contribution in [3.8, 4) is 0 Å². The van der Waals surface area contributed by atoms with Crippen molar-refractivity contribution in [2.75, 3.05) is 0 Å². The maximum atomic E-state index is 11.9. The Bertz CT molecular complexity index is 516. The van der Waals surface area contributed by atoms with Crippen molar-refractivity contribution in [2.45, 2.75) is 18.9 Å². The summed E-state index contributed by atoms with van der Waals surface area (Å²) in [7, 11) is 0. The van der Waals surface area contributed by atoms with Crippen molar-refractivity contribution < 1.29 is 14.4 Å². The highest BCUT2D eigenvalue weighted by Crippen LogP contribution is 2.11. The lowest BCUT2D eigenvalue weighted by Gasteiger charge is -2.21. The van der Waals surface area contributed by atoms with Crippen LogP contribution in [0.4, 0.5) is 0 Å². The van der Waals surface area contributed by atoms with Gasteiger partial charge in [0.25, 0.3) is 5.91 Å². The van der Waals surface area contributed by atoms with Crippen LogP contribution in [0.25, 0.3) is 0 Å². The van der Waals surface area contributed by atoms with Gasteiger partial charge in [-0.1, -0.05) is 17.7 Å². The highest BCUT2D eigenvalue weighted by molar-refractivity contribution is 6.31. The molecule has 0 aliphatic carbocycles. The topological polar surface area (TPSA) is 75.3 Å². The molecule has 0 radical (unpaired) electrons. The second kappa shape index (κ2) is 5.18. The first kappa shape index (κ1) is 12.6. The van der Waals surface area contributed by atoms with Crippen LogP contribution in [-0.2, 0) is 9.59 Å². The van der Waals surface area contributed by atoms with Gasteiger partial charge in [-0.25, -0.2) is 0 Å². The van der Waals surface area contributed by atoms with Gasteiger partial charge in [-0.15, -0.1) is 0 Å². The van der Waals surface area contributed by atoms with Gasteiger partial charge in [0.05, 0.1) is 0 Å². The molecule has 1 aliphatic rings. The first-order valence-corrected chi connectivity index (χ1v) is 5.84. The number of rotatable bonds is 2. The Kier molecular flexibility index (Phi) is 3.62. The predicted molar refractivity (Wildman–Crippen MR) is 65.1 cm³/mol. The summed E-state index contributed by atoms with van der Waals surface area (Å²) in [5, 5.41) is 5.20. The first-order chi connectivity index (χ1) is 8.56. The second-order valence-corrected chi connectivity index (χ2v) is 4.42. The standard InChI is InChI=1S/C12H11ClN2O3/c13-8-3-1-2-7(6-8)11(17)14-9-4-5-10(16)15-12(9)18/h1-3,6,9H,4-5H2,(H,14,17)(H,15,16,18). The normalized spacial score (nSPS) is 19.3. The average molecular weight is 267 g/mol. The van der Waals surface area contributed by atoms with E-state index in [-0.39, 0.29) is 18.2 Å². The van der Waals surface area contributed by atoms with Gasteiger partial charge < -0.3 is 5.32 Å². The quantitative estimate of drug-likeness (QED) is 0.780. The van der Waals surface area contributed by atoms with Crippen LogP contribution in [-0.4, -0.2) is 23.8 Å². The molecule has 0 bridgehead atoms. The third-order valence-electron chi connectivity index (χ3n) is 2.63. The molecule has 1 aromatic rings. The smallest absolute Gasteiger partial charge is 0.251 e. The minimum atomic E-state index is -0.672. The van der Waals surface area contributed by atoms with Gasteiger partial charge in [-0.2, -0.15) is 0 Å². The van der Waals surface area contributed by atoms with Gasteiger partial charge in [-0.05, 0) is 24.6 Å². The van der Waals surface area contributed by atoms with Crippen LogP contribution < -0.4 is 10.6 Å². The fourth-order valence-corrected chi connectivity index (χ4v) is 1.89. The first-order valence-electron chi connectivity index (χ1n) is 5.46. The summed E-state index contributed by atoms with van der Waals surface area (Å²) >= 11 is 5.78. The molecule has 2 N–H and O–H groups in total. The van der Waals surface area contributed by atoms with Gasteiger partial charge in [0, 0.05) is 17.0 Å². The summed E-state index contributed by atoms with van der Waals surface area (Å²) < 4.78 is 0. The molecule has 6 heteroatoms. The third kappa shape index (κ3) is 2.87. The summed E-state index contributed by atoms with van der Waals surface area (Å²) in [6.07, 6.45) is 0.545. The van der Waals surface area contributed by atoms with E-state index in [1.54, 1.807) is 18.2 Å². The predicted octanol–water partition coefficient (Wildman–Crippen LogP) is 0.875. The Morgan fingerprint density at radius 3 is 2.83 bits per heavy atom. The van der Waals surface area contributed by atoms with Gasteiger partial charge in [0.2, 0.25) is 11.8 Å². The van der Waals surface area contributed by atoms with Gasteiger partial charge >= 0.3 is 0 Å². The number of benzene rings is 1.